The fraction of sp³-hybridized carbons (Fsp3) is 0.333. The lowest BCUT2D eigenvalue weighted by molar-refractivity contribution is -0.0147. The highest BCUT2D eigenvalue weighted by molar-refractivity contribution is 5.48. The van der Waals surface area contributed by atoms with E-state index in [4.69, 9.17) is 9.52 Å². The predicted molar refractivity (Wildman–Crippen MR) is 44.4 cm³/mol. The van der Waals surface area contributed by atoms with Crippen molar-refractivity contribution in [3.05, 3.63) is 29.7 Å². The maximum absolute atomic E-state index is 12.8. The van der Waals surface area contributed by atoms with E-state index in [-0.39, 0.29) is 5.57 Å². The lowest BCUT2D eigenvalue weighted by Crippen LogP contribution is -2.22. The van der Waals surface area contributed by atoms with Crippen molar-refractivity contribution in [1.82, 2.24) is 0 Å². The molecule has 0 aromatic carbocycles. The van der Waals surface area contributed by atoms with Crippen LogP contribution in [0.25, 0.3) is 6.08 Å². The van der Waals surface area contributed by atoms with Gasteiger partial charge in [0.05, 0.1) is 6.26 Å². The van der Waals surface area contributed by atoms with Crippen molar-refractivity contribution in [2.75, 3.05) is 6.61 Å². The maximum Gasteiger partial charge on any atom is 0.292 e. The minimum atomic E-state index is -3.17. The average molecular weight is 188 g/mol. The summed E-state index contributed by atoms with van der Waals surface area (Å²) in [5.74, 6) is -2.82. The minimum absolute atomic E-state index is 0.218. The molecule has 1 N–H and O–H groups in total. The third-order valence-electron chi connectivity index (χ3n) is 1.68. The normalized spacial score (nSPS) is 13.4. The number of furan rings is 1. The second-order valence-electron chi connectivity index (χ2n) is 2.71. The summed E-state index contributed by atoms with van der Waals surface area (Å²) in [6, 6.07) is 3.17. The van der Waals surface area contributed by atoms with E-state index < -0.39 is 12.5 Å². The van der Waals surface area contributed by atoms with Gasteiger partial charge in [-0.15, -0.1) is 0 Å². The van der Waals surface area contributed by atoms with Gasteiger partial charge in [-0.2, -0.15) is 8.78 Å². The highest BCUT2D eigenvalue weighted by Gasteiger charge is 2.30. The van der Waals surface area contributed by atoms with Crippen LogP contribution < -0.4 is 0 Å². The molecule has 1 heterocycles. The Hall–Kier alpha value is -1.16. The number of aliphatic hydroxyl groups is 1. The Labute approximate surface area is 74.5 Å². The van der Waals surface area contributed by atoms with E-state index in [1.54, 1.807) is 12.1 Å². The van der Waals surface area contributed by atoms with Crippen LogP contribution in [0.3, 0.4) is 0 Å². The van der Waals surface area contributed by atoms with Gasteiger partial charge >= 0.3 is 0 Å². The molecule has 0 aliphatic heterocycles. The summed E-state index contributed by atoms with van der Waals surface area (Å²) in [5.41, 5.74) is -0.218. The first kappa shape index (κ1) is 9.92. The minimum Gasteiger partial charge on any atom is -0.465 e. The van der Waals surface area contributed by atoms with Crippen molar-refractivity contribution >= 4 is 6.08 Å². The summed E-state index contributed by atoms with van der Waals surface area (Å²) >= 11 is 0. The SMILES string of the molecule is C/C(=C\c1ccco1)C(F)(F)CO. The van der Waals surface area contributed by atoms with Crippen LogP contribution in [0, 0.1) is 0 Å². The van der Waals surface area contributed by atoms with Crippen LogP contribution in [0.4, 0.5) is 8.78 Å². The van der Waals surface area contributed by atoms with Crippen LogP contribution in [-0.4, -0.2) is 17.6 Å². The second-order valence-corrected chi connectivity index (χ2v) is 2.71. The first-order chi connectivity index (χ1) is 6.06. The molecule has 0 saturated heterocycles. The molecule has 0 saturated carbocycles. The van der Waals surface area contributed by atoms with Gasteiger partial charge in [0.15, 0.2) is 0 Å². The Morgan fingerprint density at radius 3 is 2.85 bits per heavy atom. The fourth-order valence-corrected chi connectivity index (χ4v) is 0.817. The molecule has 1 rings (SSSR count). The number of rotatable bonds is 3. The molecule has 0 aliphatic carbocycles. The number of alkyl halides is 2. The molecule has 1 aromatic rings. The van der Waals surface area contributed by atoms with Crippen molar-refractivity contribution < 1.29 is 18.3 Å². The van der Waals surface area contributed by atoms with E-state index in [2.05, 4.69) is 0 Å². The van der Waals surface area contributed by atoms with Gasteiger partial charge in [-0.3, -0.25) is 0 Å². The van der Waals surface area contributed by atoms with E-state index in [9.17, 15) is 8.78 Å². The van der Waals surface area contributed by atoms with Gasteiger partial charge in [0, 0.05) is 5.57 Å². The molecule has 0 aliphatic rings. The molecule has 4 heteroatoms. The van der Waals surface area contributed by atoms with E-state index in [1.807, 2.05) is 0 Å². The quantitative estimate of drug-likeness (QED) is 0.789. The summed E-state index contributed by atoms with van der Waals surface area (Å²) in [6.45, 7) is 0.0643. The molecule has 72 valence electrons. The largest absolute Gasteiger partial charge is 0.465 e. The van der Waals surface area contributed by atoms with Crippen LogP contribution in [-0.2, 0) is 0 Å². The molecule has 2 nitrogen and oxygen atoms in total. The van der Waals surface area contributed by atoms with Crippen LogP contribution in [0.2, 0.25) is 0 Å². The zero-order chi connectivity index (χ0) is 9.90. The highest BCUT2D eigenvalue weighted by Crippen LogP contribution is 2.24. The molecule has 0 bridgehead atoms. The monoisotopic (exact) mass is 188 g/mol. The number of hydrogen-bond donors (Lipinski definition) is 1. The molecule has 1 aromatic heterocycles. The summed E-state index contributed by atoms with van der Waals surface area (Å²) < 4.78 is 30.4. The highest BCUT2D eigenvalue weighted by atomic mass is 19.3. The summed E-state index contributed by atoms with van der Waals surface area (Å²) in [4.78, 5) is 0. The van der Waals surface area contributed by atoms with Crippen molar-refractivity contribution in [3.63, 3.8) is 0 Å². The van der Waals surface area contributed by atoms with Gasteiger partial charge in [0.1, 0.15) is 12.4 Å². The summed E-state index contributed by atoms with van der Waals surface area (Å²) in [5, 5.41) is 8.37. The van der Waals surface area contributed by atoms with Crippen LogP contribution >= 0.6 is 0 Å². The van der Waals surface area contributed by atoms with E-state index >= 15 is 0 Å². The standard InChI is InChI=1S/C9H10F2O2/c1-7(9(10,11)6-12)5-8-3-2-4-13-8/h2-5,12H,6H2,1H3/b7-5+. The Morgan fingerprint density at radius 2 is 2.38 bits per heavy atom. The van der Waals surface area contributed by atoms with Crippen LogP contribution in [0.15, 0.2) is 28.4 Å². The zero-order valence-corrected chi connectivity index (χ0v) is 7.13. The fourth-order valence-electron chi connectivity index (χ4n) is 0.817. The van der Waals surface area contributed by atoms with Gasteiger partial charge in [-0.1, -0.05) is 0 Å². The lowest BCUT2D eigenvalue weighted by atomic mass is 10.1. The summed E-state index contributed by atoms with van der Waals surface area (Å²) in [7, 11) is 0. The number of hydrogen-bond acceptors (Lipinski definition) is 2. The number of halogens is 2. The van der Waals surface area contributed by atoms with Crippen molar-refractivity contribution in [1.29, 1.82) is 0 Å². The molecule has 0 fully saturated rings. The van der Waals surface area contributed by atoms with Crippen molar-refractivity contribution in [2.24, 2.45) is 0 Å². The topological polar surface area (TPSA) is 33.4 Å². The van der Waals surface area contributed by atoms with Crippen molar-refractivity contribution in [3.8, 4) is 0 Å². The van der Waals surface area contributed by atoms with E-state index in [0.29, 0.717) is 5.76 Å². The third-order valence-corrected chi connectivity index (χ3v) is 1.68. The van der Waals surface area contributed by atoms with Gasteiger partial charge in [0.2, 0.25) is 0 Å². The molecule has 0 atom stereocenters. The second kappa shape index (κ2) is 3.70. The Morgan fingerprint density at radius 1 is 1.69 bits per heavy atom. The first-order valence-electron chi connectivity index (χ1n) is 3.77. The average Bonchev–Trinajstić information content (AvgIpc) is 2.57. The molecular weight excluding hydrogens is 178 g/mol. The summed E-state index contributed by atoms with van der Waals surface area (Å²) in [6.07, 6.45) is 2.60. The molecule has 0 amide bonds. The smallest absolute Gasteiger partial charge is 0.292 e. The van der Waals surface area contributed by atoms with E-state index in [1.165, 1.54) is 19.3 Å². The predicted octanol–water partition coefficient (Wildman–Crippen LogP) is 2.31. The third kappa shape index (κ3) is 2.39. The Balaban J connectivity index is 2.84. The molecule has 0 spiro atoms. The Bertz CT molecular complexity index is 289. The molecular formula is C9H10F2O2. The van der Waals surface area contributed by atoms with Crippen LogP contribution in [0.5, 0.6) is 0 Å². The molecule has 13 heavy (non-hydrogen) atoms. The molecule has 0 unspecified atom stereocenters. The van der Waals surface area contributed by atoms with E-state index in [0.717, 1.165) is 0 Å². The molecule has 0 radical (unpaired) electrons. The van der Waals surface area contributed by atoms with Gasteiger partial charge in [-0.25, -0.2) is 0 Å². The van der Waals surface area contributed by atoms with Crippen LogP contribution in [0.1, 0.15) is 12.7 Å². The zero-order valence-electron chi connectivity index (χ0n) is 7.13. The van der Waals surface area contributed by atoms with Crippen molar-refractivity contribution in [2.45, 2.75) is 12.8 Å². The first-order valence-corrected chi connectivity index (χ1v) is 3.77. The Kier molecular flexibility index (Phi) is 2.83. The van der Waals surface area contributed by atoms with Gasteiger partial charge < -0.3 is 9.52 Å². The van der Waals surface area contributed by atoms with Gasteiger partial charge in [0.25, 0.3) is 5.92 Å². The van der Waals surface area contributed by atoms with Gasteiger partial charge in [-0.05, 0) is 25.1 Å². The lowest BCUT2D eigenvalue weighted by Gasteiger charge is -2.12. The maximum atomic E-state index is 12.8. The number of aliphatic hydroxyl groups excluding tert-OH is 1.